The van der Waals surface area contributed by atoms with Crippen LogP contribution < -0.4 is 5.32 Å². The molecule has 1 heterocycles. The molecule has 0 spiro atoms. The van der Waals surface area contributed by atoms with Crippen LogP contribution in [-0.2, 0) is 4.74 Å². The van der Waals surface area contributed by atoms with E-state index in [0.29, 0.717) is 6.10 Å². The first-order valence-electron chi connectivity index (χ1n) is 5.94. The number of nitrogens with one attached hydrogen (secondary N) is 1. The van der Waals surface area contributed by atoms with Gasteiger partial charge in [-0.2, -0.15) is 0 Å². The predicted octanol–water partition coefficient (Wildman–Crippen LogP) is 3.06. The highest BCUT2D eigenvalue weighted by molar-refractivity contribution is 6.28. The Hall–Kier alpha value is -0.870. The van der Waals surface area contributed by atoms with Crippen LogP contribution in [0.1, 0.15) is 32.3 Å². The Morgan fingerprint density at radius 2 is 2.18 bits per heavy atom. The summed E-state index contributed by atoms with van der Waals surface area (Å²) >= 11 is 5.73. The molecule has 1 aromatic rings. The van der Waals surface area contributed by atoms with Crippen LogP contribution in [-0.4, -0.2) is 29.2 Å². The molecule has 0 atom stereocenters. The minimum absolute atomic E-state index is 0.279. The first kappa shape index (κ1) is 14.2. The Morgan fingerprint density at radius 1 is 1.41 bits per heavy atom. The molecule has 4 nitrogen and oxygen atoms in total. The summed E-state index contributed by atoms with van der Waals surface area (Å²) in [7, 11) is 0. The lowest BCUT2D eigenvalue weighted by atomic mass is 10.3. The normalized spacial score (nSPS) is 10.9. The highest BCUT2D eigenvalue weighted by Crippen LogP contribution is 2.12. The number of ether oxygens (including phenoxy) is 1. The molecule has 1 N–H and O–H groups in total. The number of hydrogen-bond donors (Lipinski definition) is 1. The zero-order valence-corrected chi connectivity index (χ0v) is 11.4. The summed E-state index contributed by atoms with van der Waals surface area (Å²) in [6.45, 7) is 7.73. The maximum Gasteiger partial charge on any atom is 0.224 e. The van der Waals surface area contributed by atoms with E-state index in [-0.39, 0.29) is 5.28 Å². The van der Waals surface area contributed by atoms with Crippen molar-refractivity contribution in [2.75, 3.05) is 18.5 Å². The first-order chi connectivity index (χ1) is 8.09. The second kappa shape index (κ2) is 7.45. The van der Waals surface area contributed by atoms with E-state index in [0.717, 1.165) is 37.4 Å². The first-order valence-corrected chi connectivity index (χ1v) is 6.32. The van der Waals surface area contributed by atoms with Crippen molar-refractivity contribution in [1.29, 1.82) is 0 Å². The molecular formula is C12H20ClN3O. The van der Waals surface area contributed by atoms with E-state index in [1.54, 1.807) is 6.20 Å². The van der Waals surface area contributed by atoms with Gasteiger partial charge in [0.25, 0.3) is 0 Å². The summed E-state index contributed by atoms with van der Waals surface area (Å²) < 4.78 is 5.46. The van der Waals surface area contributed by atoms with Crippen molar-refractivity contribution in [2.45, 2.75) is 39.7 Å². The zero-order chi connectivity index (χ0) is 12.7. The van der Waals surface area contributed by atoms with E-state index in [9.17, 15) is 0 Å². The van der Waals surface area contributed by atoms with Crippen molar-refractivity contribution in [3.8, 4) is 0 Å². The third-order valence-electron chi connectivity index (χ3n) is 2.26. The topological polar surface area (TPSA) is 47.0 Å². The number of halogens is 1. The molecule has 1 rings (SSSR count). The Kier molecular flexibility index (Phi) is 6.22. The van der Waals surface area contributed by atoms with E-state index >= 15 is 0 Å². The molecule has 0 aromatic carbocycles. The Labute approximate surface area is 108 Å². The van der Waals surface area contributed by atoms with Gasteiger partial charge in [-0.3, -0.25) is 0 Å². The minimum Gasteiger partial charge on any atom is -0.379 e. The number of aromatic nitrogens is 2. The van der Waals surface area contributed by atoms with Gasteiger partial charge >= 0.3 is 0 Å². The number of unbranched alkanes of at least 4 members (excludes halogenated alkanes) is 1. The number of rotatable bonds is 7. The molecular weight excluding hydrogens is 238 g/mol. The predicted molar refractivity (Wildman–Crippen MR) is 70.6 cm³/mol. The van der Waals surface area contributed by atoms with Crippen molar-refractivity contribution in [1.82, 2.24) is 9.97 Å². The minimum atomic E-state index is 0.279. The molecule has 0 fully saturated rings. The highest BCUT2D eigenvalue weighted by Gasteiger charge is 2.01. The van der Waals surface area contributed by atoms with Gasteiger partial charge in [0, 0.05) is 24.9 Å². The zero-order valence-electron chi connectivity index (χ0n) is 10.7. The lowest BCUT2D eigenvalue weighted by molar-refractivity contribution is 0.0765. The van der Waals surface area contributed by atoms with Crippen LogP contribution in [0.25, 0.3) is 0 Å². The van der Waals surface area contributed by atoms with Crippen molar-refractivity contribution in [3.63, 3.8) is 0 Å². The average molecular weight is 258 g/mol. The van der Waals surface area contributed by atoms with E-state index in [1.807, 2.05) is 20.8 Å². The van der Waals surface area contributed by atoms with Gasteiger partial charge < -0.3 is 10.1 Å². The summed E-state index contributed by atoms with van der Waals surface area (Å²) in [5.41, 5.74) is 1.01. The van der Waals surface area contributed by atoms with Crippen molar-refractivity contribution >= 4 is 17.4 Å². The van der Waals surface area contributed by atoms with E-state index in [2.05, 4.69) is 15.3 Å². The molecule has 0 saturated carbocycles. The third-order valence-corrected chi connectivity index (χ3v) is 2.44. The second-order valence-electron chi connectivity index (χ2n) is 4.22. The van der Waals surface area contributed by atoms with Gasteiger partial charge in [-0.15, -0.1) is 0 Å². The van der Waals surface area contributed by atoms with Crippen molar-refractivity contribution < 1.29 is 4.74 Å². The van der Waals surface area contributed by atoms with Gasteiger partial charge in [0.15, 0.2) is 0 Å². The largest absolute Gasteiger partial charge is 0.379 e. The van der Waals surface area contributed by atoms with Crippen LogP contribution in [0.3, 0.4) is 0 Å². The molecule has 96 valence electrons. The fraction of sp³-hybridized carbons (Fsp3) is 0.667. The van der Waals surface area contributed by atoms with E-state index in [1.165, 1.54) is 0 Å². The van der Waals surface area contributed by atoms with Crippen LogP contribution in [0.5, 0.6) is 0 Å². The molecule has 0 aliphatic heterocycles. The van der Waals surface area contributed by atoms with Crippen molar-refractivity contribution in [3.05, 3.63) is 17.0 Å². The van der Waals surface area contributed by atoms with Crippen LogP contribution in [0.2, 0.25) is 5.28 Å². The van der Waals surface area contributed by atoms with Crippen LogP contribution >= 0.6 is 11.6 Å². The maximum absolute atomic E-state index is 5.73. The van der Waals surface area contributed by atoms with Crippen LogP contribution in [0.4, 0.5) is 5.82 Å². The maximum atomic E-state index is 5.73. The lowest BCUT2D eigenvalue weighted by Gasteiger charge is -2.09. The van der Waals surface area contributed by atoms with Gasteiger partial charge in [0.2, 0.25) is 5.28 Å². The molecule has 0 amide bonds. The van der Waals surface area contributed by atoms with Crippen LogP contribution in [0, 0.1) is 6.92 Å². The summed E-state index contributed by atoms with van der Waals surface area (Å²) in [6.07, 6.45) is 4.13. The number of hydrogen-bond acceptors (Lipinski definition) is 4. The molecule has 0 aliphatic carbocycles. The lowest BCUT2D eigenvalue weighted by Crippen LogP contribution is -2.08. The summed E-state index contributed by atoms with van der Waals surface area (Å²) in [5.74, 6) is 0.815. The van der Waals surface area contributed by atoms with Crippen LogP contribution in [0.15, 0.2) is 6.20 Å². The van der Waals surface area contributed by atoms with Gasteiger partial charge in [0.05, 0.1) is 6.10 Å². The third kappa shape index (κ3) is 5.84. The quantitative estimate of drug-likeness (QED) is 0.602. The monoisotopic (exact) mass is 257 g/mol. The fourth-order valence-electron chi connectivity index (χ4n) is 1.35. The second-order valence-corrected chi connectivity index (χ2v) is 4.56. The molecule has 17 heavy (non-hydrogen) atoms. The molecule has 1 aromatic heterocycles. The van der Waals surface area contributed by atoms with Gasteiger partial charge in [-0.25, -0.2) is 9.97 Å². The Bertz CT molecular complexity index is 345. The average Bonchev–Trinajstić information content (AvgIpc) is 2.27. The van der Waals surface area contributed by atoms with Gasteiger partial charge in [-0.05, 0) is 45.2 Å². The highest BCUT2D eigenvalue weighted by atomic mass is 35.5. The SMILES string of the molecule is Cc1cnc(Cl)nc1NCCCCOC(C)C. The Balaban J connectivity index is 2.20. The standard InChI is InChI=1S/C12H20ClN3O/c1-9(2)17-7-5-4-6-14-11-10(3)8-15-12(13)16-11/h8-9H,4-7H2,1-3H3,(H,14,15,16). The smallest absolute Gasteiger partial charge is 0.224 e. The van der Waals surface area contributed by atoms with Crippen molar-refractivity contribution in [2.24, 2.45) is 0 Å². The summed E-state index contributed by atoms with van der Waals surface area (Å²) in [5, 5.41) is 3.53. The number of nitrogens with zero attached hydrogens (tertiary/aromatic N) is 2. The molecule has 5 heteroatoms. The number of anilines is 1. The summed E-state index contributed by atoms with van der Waals surface area (Å²) in [4.78, 5) is 8.04. The molecule has 0 unspecified atom stereocenters. The van der Waals surface area contributed by atoms with Gasteiger partial charge in [0.1, 0.15) is 5.82 Å². The van der Waals surface area contributed by atoms with E-state index < -0.39 is 0 Å². The molecule has 0 radical (unpaired) electrons. The number of aryl methyl sites for hydroxylation is 1. The fourth-order valence-corrected chi connectivity index (χ4v) is 1.49. The molecule has 0 bridgehead atoms. The summed E-state index contributed by atoms with van der Waals surface area (Å²) in [6, 6.07) is 0. The Morgan fingerprint density at radius 3 is 2.88 bits per heavy atom. The molecule has 0 saturated heterocycles. The van der Waals surface area contributed by atoms with Gasteiger partial charge in [-0.1, -0.05) is 0 Å². The van der Waals surface area contributed by atoms with E-state index in [4.69, 9.17) is 16.3 Å². The molecule has 0 aliphatic rings.